The van der Waals surface area contributed by atoms with Crippen molar-refractivity contribution < 1.29 is 43.9 Å². The SMILES string of the molecule is COc1ccc(-c2cccc3c2CCC3=O)c(OCC2(C(=O)OC(C)C)CCC2)c1OC(O)(O)O. The highest BCUT2D eigenvalue weighted by Gasteiger charge is 2.47. The van der Waals surface area contributed by atoms with Gasteiger partial charge in [0.2, 0.25) is 5.75 Å². The standard InChI is InChI=1S/C26H30O9/c1-15(2)34-24(28)25(12-5-13-25)14-33-22-19(9-11-21(32-3)23(22)35-26(29,30)31)16-6-4-7-18-17(16)8-10-20(18)27/h4,6-7,9,11,15,29-31H,5,8,10,12-14H2,1-3H3. The van der Waals surface area contributed by atoms with E-state index in [9.17, 15) is 24.9 Å². The van der Waals surface area contributed by atoms with E-state index in [0.29, 0.717) is 42.4 Å². The molecule has 0 radical (unpaired) electrons. The molecule has 0 heterocycles. The van der Waals surface area contributed by atoms with Crippen LogP contribution in [-0.2, 0) is 16.0 Å². The van der Waals surface area contributed by atoms with E-state index in [1.165, 1.54) is 13.2 Å². The molecular weight excluding hydrogens is 456 g/mol. The van der Waals surface area contributed by atoms with Gasteiger partial charge in [0.15, 0.2) is 17.3 Å². The molecule has 0 atom stereocenters. The maximum atomic E-state index is 12.8. The summed E-state index contributed by atoms with van der Waals surface area (Å²) in [5.74, 6) is -0.466. The number of ketones is 1. The number of hydrogen-bond acceptors (Lipinski definition) is 9. The number of rotatable bonds is 9. The summed E-state index contributed by atoms with van der Waals surface area (Å²) in [6.07, 6.45) is -0.870. The Hall–Kier alpha value is -3.14. The molecule has 0 spiro atoms. The van der Waals surface area contributed by atoms with Crippen molar-refractivity contribution in [1.29, 1.82) is 0 Å². The van der Waals surface area contributed by atoms with Crippen LogP contribution in [-0.4, -0.2) is 53.1 Å². The number of ether oxygens (including phenoxy) is 4. The van der Waals surface area contributed by atoms with Crippen LogP contribution in [0.4, 0.5) is 0 Å². The predicted molar refractivity (Wildman–Crippen MR) is 124 cm³/mol. The van der Waals surface area contributed by atoms with Gasteiger partial charge in [-0.15, -0.1) is 0 Å². The molecule has 2 aliphatic rings. The summed E-state index contributed by atoms with van der Waals surface area (Å²) >= 11 is 0. The zero-order valence-corrected chi connectivity index (χ0v) is 20.0. The number of carbonyl (C=O) groups excluding carboxylic acids is 2. The van der Waals surface area contributed by atoms with E-state index >= 15 is 0 Å². The van der Waals surface area contributed by atoms with Gasteiger partial charge in [0.25, 0.3) is 0 Å². The van der Waals surface area contributed by atoms with Crippen molar-refractivity contribution in [2.24, 2.45) is 5.41 Å². The molecule has 0 amide bonds. The summed E-state index contributed by atoms with van der Waals surface area (Å²) in [6.45, 7) is 3.49. The van der Waals surface area contributed by atoms with Crippen molar-refractivity contribution in [2.45, 2.75) is 58.2 Å². The molecule has 0 saturated heterocycles. The van der Waals surface area contributed by atoms with Crippen LogP contribution in [0.3, 0.4) is 0 Å². The number of Topliss-reactive ketones (excluding diaryl/α,β-unsaturated/α-hetero) is 1. The molecule has 188 valence electrons. The Balaban J connectivity index is 1.81. The molecule has 35 heavy (non-hydrogen) atoms. The van der Waals surface area contributed by atoms with Crippen LogP contribution in [0.1, 0.15) is 55.5 Å². The fourth-order valence-electron chi connectivity index (χ4n) is 4.60. The number of methoxy groups -OCH3 is 1. The monoisotopic (exact) mass is 486 g/mol. The Labute approximate surface area is 203 Å². The number of hydrogen-bond donors (Lipinski definition) is 3. The normalized spacial score (nSPS) is 16.5. The van der Waals surface area contributed by atoms with E-state index in [-0.39, 0.29) is 41.7 Å². The molecule has 0 aliphatic heterocycles. The molecule has 2 aromatic rings. The van der Waals surface area contributed by atoms with Gasteiger partial charge in [-0.2, -0.15) is 0 Å². The minimum atomic E-state index is -3.51. The zero-order chi connectivity index (χ0) is 25.4. The third-order valence-electron chi connectivity index (χ3n) is 6.48. The van der Waals surface area contributed by atoms with Crippen molar-refractivity contribution in [3.63, 3.8) is 0 Å². The van der Waals surface area contributed by atoms with Crippen molar-refractivity contribution in [3.05, 3.63) is 41.5 Å². The van der Waals surface area contributed by atoms with Gasteiger partial charge >= 0.3 is 12.1 Å². The van der Waals surface area contributed by atoms with Crippen LogP contribution in [0.25, 0.3) is 11.1 Å². The van der Waals surface area contributed by atoms with E-state index in [1.54, 1.807) is 32.0 Å². The molecule has 2 aliphatic carbocycles. The lowest BCUT2D eigenvalue weighted by atomic mass is 9.69. The molecule has 1 saturated carbocycles. The third-order valence-corrected chi connectivity index (χ3v) is 6.48. The average Bonchev–Trinajstić information content (AvgIpc) is 3.13. The molecule has 1 fully saturated rings. The van der Waals surface area contributed by atoms with Crippen LogP contribution in [0.2, 0.25) is 0 Å². The average molecular weight is 487 g/mol. The lowest BCUT2D eigenvalue weighted by Gasteiger charge is -2.39. The van der Waals surface area contributed by atoms with Crippen LogP contribution in [0, 0.1) is 5.41 Å². The maximum Gasteiger partial charge on any atom is 0.453 e. The predicted octanol–water partition coefficient (Wildman–Crippen LogP) is 2.96. The number of esters is 1. The maximum absolute atomic E-state index is 12.8. The largest absolute Gasteiger partial charge is 0.493 e. The van der Waals surface area contributed by atoms with Crippen LogP contribution < -0.4 is 14.2 Å². The molecule has 0 unspecified atom stereocenters. The summed E-state index contributed by atoms with van der Waals surface area (Å²) in [5, 5.41) is 28.8. The zero-order valence-electron chi connectivity index (χ0n) is 20.0. The highest BCUT2D eigenvalue weighted by Crippen LogP contribution is 2.49. The third kappa shape index (κ3) is 4.98. The smallest absolute Gasteiger partial charge is 0.453 e. The van der Waals surface area contributed by atoms with Crippen molar-refractivity contribution >= 4 is 11.8 Å². The van der Waals surface area contributed by atoms with Gasteiger partial charge in [-0.25, -0.2) is 0 Å². The Morgan fingerprint density at radius 1 is 1.03 bits per heavy atom. The molecule has 4 rings (SSSR count). The molecule has 9 heteroatoms. The molecule has 0 aromatic heterocycles. The Bertz CT molecular complexity index is 1130. The van der Waals surface area contributed by atoms with E-state index in [1.807, 2.05) is 6.07 Å². The first kappa shape index (κ1) is 25.0. The first-order valence-corrected chi connectivity index (χ1v) is 11.6. The van der Waals surface area contributed by atoms with Gasteiger partial charge in [0.05, 0.1) is 13.2 Å². The number of benzene rings is 2. The molecule has 2 aromatic carbocycles. The molecule has 3 N–H and O–H groups in total. The van der Waals surface area contributed by atoms with Crippen LogP contribution >= 0.6 is 0 Å². The lowest BCUT2D eigenvalue weighted by molar-refractivity contribution is -0.420. The second kappa shape index (κ2) is 9.49. The van der Waals surface area contributed by atoms with Crippen molar-refractivity contribution in [2.75, 3.05) is 13.7 Å². The second-order valence-corrected chi connectivity index (χ2v) is 9.28. The molecule has 0 bridgehead atoms. The number of aliphatic hydroxyl groups is 3. The summed E-state index contributed by atoms with van der Waals surface area (Å²) < 4.78 is 22.0. The van der Waals surface area contributed by atoms with E-state index < -0.39 is 11.6 Å². The Kier molecular flexibility index (Phi) is 6.77. The minimum Gasteiger partial charge on any atom is -0.493 e. The van der Waals surface area contributed by atoms with Gasteiger partial charge < -0.3 is 34.3 Å². The van der Waals surface area contributed by atoms with Gasteiger partial charge in [-0.05, 0) is 56.4 Å². The Morgan fingerprint density at radius 2 is 1.74 bits per heavy atom. The topological polar surface area (TPSA) is 132 Å². The number of carbonyl (C=O) groups is 2. The summed E-state index contributed by atoms with van der Waals surface area (Å²) in [6, 6.07) is 8.58. The van der Waals surface area contributed by atoms with Crippen LogP contribution in [0.15, 0.2) is 30.3 Å². The minimum absolute atomic E-state index is 0.0410. The lowest BCUT2D eigenvalue weighted by Crippen LogP contribution is -2.45. The summed E-state index contributed by atoms with van der Waals surface area (Å²) in [5.41, 5.74) is 1.78. The first-order chi connectivity index (χ1) is 16.5. The number of fused-ring (bicyclic) bond motifs is 1. The van der Waals surface area contributed by atoms with E-state index in [2.05, 4.69) is 0 Å². The first-order valence-electron chi connectivity index (χ1n) is 11.6. The van der Waals surface area contributed by atoms with Crippen molar-refractivity contribution in [1.82, 2.24) is 0 Å². The summed E-state index contributed by atoms with van der Waals surface area (Å²) in [7, 11) is 1.35. The Morgan fingerprint density at radius 3 is 2.34 bits per heavy atom. The van der Waals surface area contributed by atoms with E-state index in [0.717, 1.165) is 12.0 Å². The molecule has 9 nitrogen and oxygen atoms in total. The second-order valence-electron chi connectivity index (χ2n) is 9.28. The quantitative estimate of drug-likeness (QED) is 0.361. The van der Waals surface area contributed by atoms with E-state index in [4.69, 9.17) is 18.9 Å². The van der Waals surface area contributed by atoms with Gasteiger partial charge in [0, 0.05) is 17.5 Å². The van der Waals surface area contributed by atoms with Crippen LogP contribution in [0.5, 0.6) is 17.2 Å². The highest BCUT2D eigenvalue weighted by molar-refractivity contribution is 6.02. The fourth-order valence-corrected chi connectivity index (χ4v) is 4.60. The highest BCUT2D eigenvalue weighted by atomic mass is 16.9. The van der Waals surface area contributed by atoms with Gasteiger partial charge in [-0.3, -0.25) is 9.59 Å². The summed E-state index contributed by atoms with van der Waals surface area (Å²) in [4.78, 5) is 25.2. The fraction of sp³-hybridized carbons (Fsp3) is 0.462. The molecular formula is C26H30O9. The van der Waals surface area contributed by atoms with Gasteiger partial charge in [0.1, 0.15) is 12.0 Å². The van der Waals surface area contributed by atoms with Gasteiger partial charge in [-0.1, -0.05) is 24.6 Å². The van der Waals surface area contributed by atoms with Crippen molar-refractivity contribution in [3.8, 4) is 28.4 Å².